The summed E-state index contributed by atoms with van der Waals surface area (Å²) in [7, 11) is 0. The van der Waals surface area contributed by atoms with Gasteiger partial charge >= 0.3 is 0 Å². The Bertz CT molecular complexity index is 641. The van der Waals surface area contributed by atoms with E-state index in [0.29, 0.717) is 11.6 Å². The molecule has 2 aromatic rings. The van der Waals surface area contributed by atoms with E-state index in [4.69, 9.17) is 16.3 Å². The molecular formula is C14H9ClF2O2. The van der Waals surface area contributed by atoms with Crippen molar-refractivity contribution in [1.82, 2.24) is 0 Å². The zero-order chi connectivity index (χ0) is 14.0. The van der Waals surface area contributed by atoms with Crippen molar-refractivity contribution >= 4 is 17.4 Å². The van der Waals surface area contributed by atoms with E-state index >= 15 is 0 Å². The molecular weight excluding hydrogens is 274 g/mol. The number of carbonyl (C=O) groups is 1. The molecule has 0 aromatic heterocycles. The average Bonchev–Trinajstić information content (AvgIpc) is 2.34. The SMILES string of the molecule is CC(=O)c1ccc(Oc2ccc(F)cc2F)c(Cl)c1. The van der Waals surface area contributed by atoms with E-state index in [2.05, 4.69) is 0 Å². The molecule has 0 aliphatic rings. The Morgan fingerprint density at radius 3 is 2.37 bits per heavy atom. The zero-order valence-electron chi connectivity index (χ0n) is 9.91. The molecule has 2 nitrogen and oxygen atoms in total. The standard InChI is InChI=1S/C14H9ClF2O2/c1-8(18)9-2-4-13(11(15)6-9)19-14-5-3-10(16)7-12(14)17/h2-7H,1H3. The van der Waals surface area contributed by atoms with Crippen LogP contribution in [0.15, 0.2) is 36.4 Å². The molecule has 5 heteroatoms. The highest BCUT2D eigenvalue weighted by Gasteiger charge is 2.10. The summed E-state index contributed by atoms with van der Waals surface area (Å²) in [6.07, 6.45) is 0. The van der Waals surface area contributed by atoms with Crippen molar-refractivity contribution in [3.05, 3.63) is 58.6 Å². The Kier molecular flexibility index (Phi) is 3.81. The van der Waals surface area contributed by atoms with E-state index in [9.17, 15) is 13.6 Å². The molecule has 0 aliphatic heterocycles. The van der Waals surface area contributed by atoms with Gasteiger partial charge in [0.25, 0.3) is 0 Å². The van der Waals surface area contributed by atoms with E-state index in [0.717, 1.165) is 6.07 Å². The van der Waals surface area contributed by atoms with Crippen LogP contribution in [0.3, 0.4) is 0 Å². The van der Waals surface area contributed by atoms with Gasteiger partial charge in [-0.3, -0.25) is 4.79 Å². The first-order valence-corrected chi connectivity index (χ1v) is 5.78. The summed E-state index contributed by atoms with van der Waals surface area (Å²) in [4.78, 5) is 11.2. The summed E-state index contributed by atoms with van der Waals surface area (Å²) >= 11 is 5.93. The van der Waals surface area contributed by atoms with Gasteiger partial charge in [-0.15, -0.1) is 0 Å². The van der Waals surface area contributed by atoms with Crippen LogP contribution in [0.5, 0.6) is 11.5 Å². The quantitative estimate of drug-likeness (QED) is 0.768. The van der Waals surface area contributed by atoms with Crippen LogP contribution in [0, 0.1) is 11.6 Å². The van der Waals surface area contributed by atoms with E-state index in [1.165, 1.54) is 31.2 Å². The second kappa shape index (κ2) is 5.36. The largest absolute Gasteiger partial charge is 0.453 e. The highest BCUT2D eigenvalue weighted by Crippen LogP contribution is 2.31. The van der Waals surface area contributed by atoms with Gasteiger partial charge in [-0.1, -0.05) is 11.6 Å². The monoisotopic (exact) mass is 282 g/mol. The van der Waals surface area contributed by atoms with Crippen molar-refractivity contribution < 1.29 is 18.3 Å². The number of Topliss-reactive ketones (excluding diaryl/α,β-unsaturated/α-hetero) is 1. The number of ketones is 1. The van der Waals surface area contributed by atoms with Gasteiger partial charge in [0.15, 0.2) is 17.3 Å². The number of hydrogen-bond acceptors (Lipinski definition) is 2. The Balaban J connectivity index is 2.31. The van der Waals surface area contributed by atoms with E-state index < -0.39 is 11.6 Å². The van der Waals surface area contributed by atoms with Crippen molar-refractivity contribution in [3.8, 4) is 11.5 Å². The van der Waals surface area contributed by atoms with Crippen molar-refractivity contribution in [2.24, 2.45) is 0 Å². The maximum Gasteiger partial charge on any atom is 0.168 e. The topological polar surface area (TPSA) is 26.3 Å². The third-order valence-corrected chi connectivity index (χ3v) is 2.75. The Hall–Kier alpha value is -1.94. The molecule has 0 amide bonds. The Morgan fingerprint density at radius 1 is 1.11 bits per heavy atom. The smallest absolute Gasteiger partial charge is 0.168 e. The average molecular weight is 283 g/mol. The molecule has 2 aromatic carbocycles. The van der Waals surface area contributed by atoms with Gasteiger partial charge in [0.1, 0.15) is 11.6 Å². The minimum absolute atomic E-state index is 0.138. The van der Waals surface area contributed by atoms with Crippen molar-refractivity contribution in [1.29, 1.82) is 0 Å². The van der Waals surface area contributed by atoms with Gasteiger partial charge in [0.2, 0.25) is 0 Å². The molecule has 0 fully saturated rings. The molecule has 0 unspecified atom stereocenters. The van der Waals surface area contributed by atoms with Gasteiger partial charge in [0, 0.05) is 11.6 Å². The van der Waals surface area contributed by atoms with Gasteiger partial charge in [-0.2, -0.15) is 0 Å². The molecule has 0 atom stereocenters. The van der Waals surface area contributed by atoms with Crippen LogP contribution < -0.4 is 4.74 Å². The number of hydrogen-bond donors (Lipinski definition) is 0. The lowest BCUT2D eigenvalue weighted by atomic mass is 10.1. The molecule has 0 saturated heterocycles. The third kappa shape index (κ3) is 3.09. The fourth-order valence-electron chi connectivity index (χ4n) is 1.48. The lowest BCUT2D eigenvalue weighted by molar-refractivity contribution is 0.101. The normalized spacial score (nSPS) is 10.3. The maximum absolute atomic E-state index is 13.4. The first-order chi connectivity index (χ1) is 8.97. The molecule has 0 N–H and O–H groups in total. The second-order valence-corrected chi connectivity index (χ2v) is 4.29. The Labute approximate surface area is 113 Å². The molecule has 0 aliphatic carbocycles. The summed E-state index contributed by atoms with van der Waals surface area (Å²) in [6, 6.07) is 7.37. The minimum Gasteiger partial charge on any atom is -0.453 e. The molecule has 0 spiro atoms. The molecule has 0 heterocycles. The van der Waals surface area contributed by atoms with Crippen molar-refractivity contribution in [3.63, 3.8) is 0 Å². The van der Waals surface area contributed by atoms with Crippen molar-refractivity contribution in [2.75, 3.05) is 0 Å². The highest BCUT2D eigenvalue weighted by atomic mass is 35.5. The molecule has 19 heavy (non-hydrogen) atoms. The summed E-state index contributed by atoms with van der Waals surface area (Å²) in [5.74, 6) is -1.60. The third-order valence-electron chi connectivity index (χ3n) is 2.45. The van der Waals surface area contributed by atoms with Crippen LogP contribution in [0.2, 0.25) is 5.02 Å². The first kappa shape index (κ1) is 13.5. The fourth-order valence-corrected chi connectivity index (χ4v) is 1.70. The van der Waals surface area contributed by atoms with Gasteiger partial charge in [-0.25, -0.2) is 8.78 Å². The highest BCUT2D eigenvalue weighted by molar-refractivity contribution is 6.32. The molecule has 98 valence electrons. The number of halogens is 3. The number of benzene rings is 2. The van der Waals surface area contributed by atoms with Gasteiger partial charge < -0.3 is 4.74 Å². The van der Waals surface area contributed by atoms with E-state index in [1.54, 1.807) is 0 Å². The summed E-state index contributed by atoms with van der Waals surface area (Å²) in [6.45, 7) is 1.41. The van der Waals surface area contributed by atoms with E-state index in [-0.39, 0.29) is 22.3 Å². The van der Waals surface area contributed by atoms with Crippen LogP contribution in [0.1, 0.15) is 17.3 Å². The van der Waals surface area contributed by atoms with Crippen LogP contribution in [-0.4, -0.2) is 5.78 Å². The predicted octanol–water partition coefficient (Wildman–Crippen LogP) is 4.61. The summed E-state index contributed by atoms with van der Waals surface area (Å²) in [5, 5.41) is 0.177. The fraction of sp³-hybridized carbons (Fsp3) is 0.0714. The maximum atomic E-state index is 13.4. The number of rotatable bonds is 3. The van der Waals surface area contributed by atoms with Crippen LogP contribution in [0.4, 0.5) is 8.78 Å². The Morgan fingerprint density at radius 2 is 1.79 bits per heavy atom. The summed E-state index contributed by atoms with van der Waals surface area (Å²) in [5.41, 5.74) is 0.428. The number of carbonyl (C=O) groups excluding carboxylic acids is 1. The zero-order valence-corrected chi connectivity index (χ0v) is 10.7. The predicted molar refractivity (Wildman–Crippen MR) is 67.9 cm³/mol. The molecule has 0 saturated carbocycles. The van der Waals surface area contributed by atoms with Gasteiger partial charge in [0.05, 0.1) is 5.02 Å². The summed E-state index contributed by atoms with van der Waals surface area (Å²) < 4.78 is 31.4. The van der Waals surface area contributed by atoms with E-state index in [1.807, 2.05) is 0 Å². The van der Waals surface area contributed by atoms with Crippen LogP contribution in [-0.2, 0) is 0 Å². The van der Waals surface area contributed by atoms with Gasteiger partial charge in [-0.05, 0) is 37.3 Å². The molecule has 2 rings (SSSR count). The lowest BCUT2D eigenvalue weighted by Crippen LogP contribution is -1.94. The molecule has 0 radical (unpaired) electrons. The van der Waals surface area contributed by atoms with Crippen LogP contribution in [0.25, 0.3) is 0 Å². The minimum atomic E-state index is -0.827. The lowest BCUT2D eigenvalue weighted by Gasteiger charge is -2.09. The molecule has 0 bridgehead atoms. The van der Waals surface area contributed by atoms with Crippen molar-refractivity contribution in [2.45, 2.75) is 6.92 Å². The number of ether oxygens (including phenoxy) is 1. The first-order valence-electron chi connectivity index (χ1n) is 5.41. The van der Waals surface area contributed by atoms with Crippen LogP contribution >= 0.6 is 11.6 Å². The second-order valence-electron chi connectivity index (χ2n) is 3.88.